The number of ether oxygens (including phenoxy) is 1. The fourth-order valence-corrected chi connectivity index (χ4v) is 1.13. The maximum Gasteiger partial charge on any atom is 1.00 e. The zero-order chi connectivity index (χ0) is 9.90. The molecule has 0 saturated heterocycles. The van der Waals surface area contributed by atoms with E-state index >= 15 is 0 Å². The van der Waals surface area contributed by atoms with Crippen molar-refractivity contribution in [3.63, 3.8) is 0 Å². The van der Waals surface area contributed by atoms with E-state index in [0.29, 0.717) is 4.47 Å². The van der Waals surface area contributed by atoms with Gasteiger partial charge in [-0.1, -0.05) is 22.0 Å². The van der Waals surface area contributed by atoms with Gasteiger partial charge in [0.1, 0.15) is 5.75 Å². The van der Waals surface area contributed by atoms with E-state index in [0.717, 1.165) is 0 Å². The van der Waals surface area contributed by atoms with Crippen molar-refractivity contribution in [2.24, 2.45) is 0 Å². The monoisotopic (exact) mass is 292 g/mol. The summed E-state index contributed by atoms with van der Waals surface area (Å²) in [4.78, 5) is 0. The molecule has 0 aliphatic rings. The number of benzene rings is 1. The molecule has 0 atom stereocenters. The molecule has 1 nitrogen and oxygen atoms in total. The Morgan fingerprint density at radius 3 is 2.43 bits per heavy atom. The molecule has 0 heterocycles. The first kappa shape index (κ1) is 15.0. The van der Waals surface area contributed by atoms with E-state index in [-0.39, 0.29) is 57.1 Å². The Morgan fingerprint density at radius 1 is 1.29 bits per heavy atom. The second kappa shape index (κ2) is 6.55. The van der Waals surface area contributed by atoms with E-state index in [9.17, 15) is 12.9 Å². The van der Waals surface area contributed by atoms with Gasteiger partial charge < -0.3 is 17.7 Å². The summed E-state index contributed by atoms with van der Waals surface area (Å²) >= 11 is 3.13. The van der Waals surface area contributed by atoms with Gasteiger partial charge in [-0.25, -0.2) is 0 Å². The minimum Gasteiger partial charge on any atom is -0.522 e. The minimum absolute atomic E-state index is 0. The molecule has 1 aromatic rings. The summed E-state index contributed by atoms with van der Waals surface area (Å²) in [5, 5.41) is 0. The molecule has 1 aromatic carbocycles. The Labute approximate surface area is 131 Å². The molecule has 7 heteroatoms. The van der Waals surface area contributed by atoms with Crippen LogP contribution in [0.2, 0.25) is 0 Å². The van der Waals surface area contributed by atoms with Gasteiger partial charge in [-0.2, -0.15) is 0 Å². The number of hydrogen-bond donors (Lipinski definition) is 0. The van der Waals surface area contributed by atoms with Crippen LogP contribution in [0.1, 0.15) is 0 Å². The Hall–Kier alpha value is 0.991. The first-order valence-electron chi connectivity index (χ1n) is 3.57. The van der Waals surface area contributed by atoms with Crippen LogP contribution in [-0.4, -0.2) is 13.5 Å². The van der Waals surface area contributed by atoms with Gasteiger partial charge in [0.15, 0.2) is 0 Å². The molecule has 1 rings (SSSR count). The molecule has 0 spiro atoms. The van der Waals surface area contributed by atoms with Crippen LogP contribution in [0.4, 0.5) is 12.9 Å². The molecule has 72 valence electrons. The fourth-order valence-electron chi connectivity index (χ4n) is 0.747. The van der Waals surface area contributed by atoms with Gasteiger partial charge >= 0.3 is 58.4 Å². The van der Waals surface area contributed by atoms with Gasteiger partial charge in [-0.05, 0) is 18.2 Å². The SMILES string of the molecule is F[B-](F)(F)COc1cccc(Br)c1.[K+]. The fraction of sp³-hybridized carbons (Fsp3) is 0.143. The average Bonchev–Trinajstić information content (AvgIpc) is 2.00. The molecular weight excluding hydrogens is 287 g/mol. The Morgan fingerprint density at radius 2 is 1.93 bits per heavy atom. The normalized spacial score (nSPS) is 10.6. The second-order valence-electron chi connectivity index (χ2n) is 2.48. The summed E-state index contributed by atoms with van der Waals surface area (Å²) in [6.07, 6.45) is 0. The molecule has 0 amide bonds. The second-order valence-corrected chi connectivity index (χ2v) is 3.39. The predicted octanol–water partition coefficient (Wildman–Crippen LogP) is 0.219. The van der Waals surface area contributed by atoms with Crippen LogP contribution < -0.4 is 56.1 Å². The maximum atomic E-state index is 11.8. The molecule has 0 saturated carbocycles. The molecular formula is C7H6BBrF3KO. The molecule has 0 unspecified atom stereocenters. The molecule has 0 bridgehead atoms. The van der Waals surface area contributed by atoms with Crippen molar-refractivity contribution in [3.05, 3.63) is 28.7 Å². The van der Waals surface area contributed by atoms with Crippen molar-refractivity contribution in [3.8, 4) is 5.75 Å². The largest absolute Gasteiger partial charge is 1.00 e. The van der Waals surface area contributed by atoms with Crippen LogP contribution in [-0.2, 0) is 0 Å². The average molecular weight is 293 g/mol. The van der Waals surface area contributed by atoms with E-state index in [4.69, 9.17) is 0 Å². The summed E-state index contributed by atoms with van der Waals surface area (Å²) in [6, 6.07) is 6.29. The zero-order valence-corrected chi connectivity index (χ0v) is 12.2. The number of rotatable bonds is 3. The van der Waals surface area contributed by atoms with Crippen molar-refractivity contribution in [2.45, 2.75) is 0 Å². The van der Waals surface area contributed by atoms with Crippen LogP contribution in [0, 0.1) is 0 Å². The van der Waals surface area contributed by atoms with Crippen LogP contribution in [0.15, 0.2) is 28.7 Å². The molecule has 0 aromatic heterocycles. The molecule has 0 radical (unpaired) electrons. The van der Waals surface area contributed by atoms with Gasteiger partial charge in [0, 0.05) is 4.47 Å². The molecule has 0 fully saturated rings. The first-order valence-corrected chi connectivity index (χ1v) is 4.36. The Kier molecular flexibility index (Phi) is 7.01. The van der Waals surface area contributed by atoms with Crippen molar-refractivity contribution in [1.29, 1.82) is 0 Å². The van der Waals surface area contributed by atoms with Gasteiger partial charge in [0.05, 0.1) is 6.51 Å². The van der Waals surface area contributed by atoms with E-state index < -0.39 is 13.5 Å². The van der Waals surface area contributed by atoms with Gasteiger partial charge in [-0.15, -0.1) is 0 Å². The van der Waals surface area contributed by atoms with Crippen LogP contribution in [0.3, 0.4) is 0 Å². The zero-order valence-electron chi connectivity index (χ0n) is 7.51. The van der Waals surface area contributed by atoms with Crippen molar-refractivity contribution in [1.82, 2.24) is 0 Å². The van der Waals surface area contributed by atoms with E-state index in [1.165, 1.54) is 12.1 Å². The van der Waals surface area contributed by atoms with Crippen molar-refractivity contribution in [2.75, 3.05) is 6.51 Å². The summed E-state index contributed by atoms with van der Waals surface area (Å²) in [5.74, 6) is 0.216. The predicted molar refractivity (Wildman–Crippen MR) is 48.7 cm³/mol. The maximum absolute atomic E-state index is 11.8. The van der Waals surface area contributed by atoms with Crippen LogP contribution in [0.25, 0.3) is 0 Å². The molecule has 0 N–H and O–H groups in total. The third-order valence-electron chi connectivity index (χ3n) is 1.24. The third-order valence-corrected chi connectivity index (χ3v) is 1.73. The van der Waals surface area contributed by atoms with Gasteiger partial charge in [0.2, 0.25) is 0 Å². The quantitative estimate of drug-likeness (QED) is 0.724. The summed E-state index contributed by atoms with van der Waals surface area (Å²) < 4.78 is 40.5. The Bertz CT molecular complexity index is 295. The van der Waals surface area contributed by atoms with E-state index in [1.807, 2.05) is 0 Å². The standard InChI is InChI=1S/C7H6BBrF3O.K/c9-6-2-1-3-7(4-6)13-5-8(10,11)12;/h1-4H,5H2;/q-1;+1. The van der Waals surface area contributed by atoms with Crippen LogP contribution in [0.5, 0.6) is 5.75 Å². The van der Waals surface area contributed by atoms with Crippen molar-refractivity contribution < 1.29 is 69.1 Å². The third kappa shape index (κ3) is 6.47. The first-order chi connectivity index (χ1) is 5.97. The smallest absolute Gasteiger partial charge is 0.522 e. The summed E-state index contributed by atoms with van der Waals surface area (Å²) in [6.45, 7) is -6.07. The van der Waals surface area contributed by atoms with Crippen molar-refractivity contribution >= 4 is 22.9 Å². The number of halogens is 4. The van der Waals surface area contributed by atoms with E-state index in [1.54, 1.807) is 12.1 Å². The van der Waals surface area contributed by atoms with Gasteiger partial charge in [0.25, 0.3) is 0 Å². The number of hydrogen-bond acceptors (Lipinski definition) is 1. The summed E-state index contributed by atoms with van der Waals surface area (Å²) in [7, 11) is 0. The minimum atomic E-state index is -4.88. The summed E-state index contributed by atoms with van der Waals surface area (Å²) in [5.41, 5.74) is 0. The molecule has 0 aliphatic heterocycles. The van der Waals surface area contributed by atoms with Crippen LogP contribution >= 0.6 is 15.9 Å². The topological polar surface area (TPSA) is 9.23 Å². The Balaban J connectivity index is 0.00000169. The molecule has 0 aliphatic carbocycles. The van der Waals surface area contributed by atoms with E-state index in [2.05, 4.69) is 20.7 Å². The molecule has 14 heavy (non-hydrogen) atoms. The van der Waals surface area contributed by atoms with Gasteiger partial charge in [-0.3, -0.25) is 0 Å².